The maximum atomic E-state index is 12.8. The number of unbranched alkanes of at least 4 members (excludes halogenated alkanes) is 16. The van der Waals surface area contributed by atoms with Gasteiger partial charge >= 0.3 is 17.9 Å². The molecule has 1 N–H and O–H groups in total. The van der Waals surface area contributed by atoms with Crippen molar-refractivity contribution in [3.63, 3.8) is 0 Å². The Morgan fingerprint density at radius 2 is 0.851 bits per heavy atom. The molecule has 0 saturated carbocycles. The summed E-state index contributed by atoms with van der Waals surface area (Å²) in [5.41, 5.74) is 0. The molecule has 382 valence electrons. The molecule has 0 saturated heterocycles. The summed E-state index contributed by atoms with van der Waals surface area (Å²) in [6, 6.07) is 0. The van der Waals surface area contributed by atoms with Crippen LogP contribution in [0.25, 0.3) is 0 Å². The van der Waals surface area contributed by atoms with Gasteiger partial charge in [0.2, 0.25) is 0 Å². The van der Waals surface area contributed by atoms with Gasteiger partial charge in [0.25, 0.3) is 6.29 Å². The third-order valence-electron chi connectivity index (χ3n) is 10.8. The number of carboxylic acid groups (broad SMARTS) is 1. The van der Waals surface area contributed by atoms with E-state index in [9.17, 15) is 19.5 Å². The molecular formula is C58H98NO8+. The summed E-state index contributed by atoms with van der Waals surface area (Å²) in [6.45, 7) is 4.69. The predicted molar refractivity (Wildman–Crippen MR) is 281 cm³/mol. The third-order valence-corrected chi connectivity index (χ3v) is 10.8. The number of hydrogen-bond acceptors (Lipinski definition) is 7. The first-order valence-corrected chi connectivity index (χ1v) is 26.4. The molecule has 9 nitrogen and oxygen atoms in total. The molecular weight excluding hydrogens is 839 g/mol. The lowest BCUT2D eigenvalue weighted by Crippen LogP contribution is -2.40. The van der Waals surface area contributed by atoms with Crippen LogP contribution in [0.5, 0.6) is 0 Å². The Morgan fingerprint density at radius 3 is 1.27 bits per heavy atom. The summed E-state index contributed by atoms with van der Waals surface area (Å²) >= 11 is 0. The minimum atomic E-state index is -1.52. The lowest BCUT2D eigenvalue weighted by molar-refractivity contribution is -0.870. The second kappa shape index (κ2) is 48.7. The van der Waals surface area contributed by atoms with E-state index in [1.807, 2.05) is 21.1 Å². The fraction of sp³-hybridized carbons (Fsp3) is 0.672. The highest BCUT2D eigenvalue weighted by Gasteiger charge is 2.25. The highest BCUT2D eigenvalue weighted by atomic mass is 16.7. The molecule has 0 aliphatic heterocycles. The van der Waals surface area contributed by atoms with E-state index in [1.165, 1.54) is 51.4 Å². The first kappa shape index (κ1) is 63.2. The van der Waals surface area contributed by atoms with Crippen LogP contribution in [0.2, 0.25) is 0 Å². The van der Waals surface area contributed by atoms with Gasteiger partial charge in [-0.1, -0.05) is 182 Å². The van der Waals surface area contributed by atoms with Crippen molar-refractivity contribution in [2.45, 2.75) is 206 Å². The Morgan fingerprint density at radius 1 is 0.463 bits per heavy atom. The van der Waals surface area contributed by atoms with Crippen LogP contribution in [0.1, 0.15) is 194 Å². The monoisotopic (exact) mass is 937 g/mol. The molecule has 0 heterocycles. The van der Waals surface area contributed by atoms with Gasteiger partial charge in [-0.2, -0.15) is 0 Å². The molecule has 0 aromatic heterocycles. The zero-order valence-corrected chi connectivity index (χ0v) is 43.3. The van der Waals surface area contributed by atoms with Crippen LogP contribution < -0.4 is 0 Å². The SMILES string of the molecule is CC/C=C\C/C=C\C/C=C\C/C=C\C/C=C\C/C=C\CCCCCCCCCCC(=O)OC(COC(=O)CCCCCCC/C=C\C/C=C\CCCCC)COC(OCC[N+](C)(C)C)C(=O)O. The number of rotatable bonds is 47. The van der Waals surface area contributed by atoms with Crippen LogP contribution in [0, 0.1) is 0 Å². The average Bonchev–Trinajstić information content (AvgIpc) is 3.29. The molecule has 0 spiro atoms. The molecule has 0 bridgehead atoms. The van der Waals surface area contributed by atoms with Crippen LogP contribution in [0.15, 0.2) is 97.2 Å². The average molecular weight is 937 g/mol. The van der Waals surface area contributed by atoms with Gasteiger partial charge in [0.15, 0.2) is 6.10 Å². The molecule has 2 unspecified atom stereocenters. The fourth-order valence-electron chi connectivity index (χ4n) is 6.75. The number of hydrogen-bond donors (Lipinski definition) is 1. The topological polar surface area (TPSA) is 108 Å². The van der Waals surface area contributed by atoms with E-state index in [0.717, 1.165) is 109 Å². The number of ether oxygens (including phenoxy) is 4. The molecule has 0 rings (SSSR count). The number of carboxylic acids is 1. The fourth-order valence-corrected chi connectivity index (χ4v) is 6.75. The number of carbonyl (C=O) groups excluding carboxylic acids is 2. The van der Waals surface area contributed by atoms with E-state index in [2.05, 4.69) is 111 Å². The van der Waals surface area contributed by atoms with Crippen molar-refractivity contribution >= 4 is 17.9 Å². The number of quaternary nitrogens is 1. The Balaban J connectivity index is 4.35. The lowest BCUT2D eigenvalue weighted by Gasteiger charge is -2.25. The zero-order valence-electron chi connectivity index (χ0n) is 43.3. The van der Waals surface area contributed by atoms with Crippen LogP contribution in [0.3, 0.4) is 0 Å². The Kier molecular flexibility index (Phi) is 45.9. The van der Waals surface area contributed by atoms with E-state index in [0.29, 0.717) is 17.4 Å². The molecule has 0 aliphatic carbocycles. The van der Waals surface area contributed by atoms with Crippen molar-refractivity contribution in [3.8, 4) is 0 Å². The van der Waals surface area contributed by atoms with Gasteiger partial charge in [-0.15, -0.1) is 0 Å². The minimum Gasteiger partial charge on any atom is -0.477 e. The largest absolute Gasteiger partial charge is 0.477 e. The molecule has 2 atom stereocenters. The summed E-state index contributed by atoms with van der Waals surface area (Å²) in [6.07, 6.45) is 61.8. The van der Waals surface area contributed by atoms with E-state index in [-0.39, 0.29) is 38.6 Å². The van der Waals surface area contributed by atoms with Crippen molar-refractivity contribution < 1.29 is 42.9 Å². The second-order valence-electron chi connectivity index (χ2n) is 18.4. The standard InChI is InChI=1S/C58H97NO8/c1-6-8-10-12-14-16-18-20-22-23-24-25-26-27-28-29-30-31-32-33-35-37-39-41-43-45-47-49-56(61)67-54(53-66-58(57(62)63)64-51-50-59(3,4)5)52-65-55(60)48-46-44-42-40-38-36-34-21-19-17-15-13-11-9-7-2/h8,10,14-17,20-22,24-25,27-28,30-31,34,54,58H,6-7,9,11-13,18-19,23,26,29,32-33,35-53H2,1-5H3/p+1/b10-8-,16-14-,17-15-,22-20-,25-24-,28-27-,31-30-,34-21-. The van der Waals surface area contributed by atoms with Crippen molar-refractivity contribution in [2.24, 2.45) is 0 Å². The molecule has 0 fully saturated rings. The number of carbonyl (C=O) groups is 3. The van der Waals surface area contributed by atoms with Crippen LogP contribution in [-0.4, -0.2) is 87.4 Å². The van der Waals surface area contributed by atoms with Crippen LogP contribution in [-0.2, 0) is 33.3 Å². The highest BCUT2D eigenvalue weighted by Crippen LogP contribution is 2.14. The normalized spacial score (nSPS) is 13.6. The summed E-state index contributed by atoms with van der Waals surface area (Å²) < 4.78 is 22.8. The van der Waals surface area contributed by atoms with E-state index >= 15 is 0 Å². The molecule has 0 aliphatic rings. The molecule has 67 heavy (non-hydrogen) atoms. The van der Waals surface area contributed by atoms with Crippen LogP contribution >= 0.6 is 0 Å². The Bertz CT molecular complexity index is 1420. The summed E-state index contributed by atoms with van der Waals surface area (Å²) in [5, 5.41) is 9.67. The van der Waals surface area contributed by atoms with Gasteiger partial charge in [0, 0.05) is 12.8 Å². The number of likely N-dealkylation sites (N-methyl/N-ethyl adjacent to an activating group) is 1. The van der Waals surface area contributed by atoms with Gasteiger partial charge < -0.3 is 28.5 Å². The minimum absolute atomic E-state index is 0.178. The van der Waals surface area contributed by atoms with E-state index < -0.39 is 24.3 Å². The van der Waals surface area contributed by atoms with Gasteiger partial charge in [-0.05, 0) is 96.3 Å². The molecule has 0 aromatic rings. The number of allylic oxidation sites excluding steroid dienone is 16. The molecule has 0 aromatic carbocycles. The summed E-state index contributed by atoms with van der Waals surface area (Å²) in [5.74, 6) is -2.05. The molecule has 9 heteroatoms. The predicted octanol–water partition coefficient (Wildman–Crippen LogP) is 15.0. The maximum absolute atomic E-state index is 12.8. The van der Waals surface area contributed by atoms with Gasteiger partial charge in [0.1, 0.15) is 13.2 Å². The van der Waals surface area contributed by atoms with Crippen LogP contribution in [0.4, 0.5) is 0 Å². The number of aliphatic carboxylic acids is 1. The van der Waals surface area contributed by atoms with Gasteiger partial charge in [-0.25, -0.2) is 4.79 Å². The Hall–Kier alpha value is -3.79. The van der Waals surface area contributed by atoms with Crippen molar-refractivity contribution in [1.29, 1.82) is 0 Å². The second-order valence-corrected chi connectivity index (χ2v) is 18.4. The Labute approximate surface area is 410 Å². The first-order chi connectivity index (χ1) is 32.6. The smallest absolute Gasteiger partial charge is 0.361 e. The first-order valence-electron chi connectivity index (χ1n) is 26.4. The van der Waals surface area contributed by atoms with Crippen molar-refractivity contribution in [2.75, 3.05) is 47.5 Å². The zero-order chi connectivity index (χ0) is 49.2. The van der Waals surface area contributed by atoms with E-state index in [4.69, 9.17) is 18.9 Å². The van der Waals surface area contributed by atoms with Gasteiger partial charge in [0.05, 0.1) is 34.4 Å². The molecule has 0 amide bonds. The summed E-state index contributed by atoms with van der Waals surface area (Å²) in [4.78, 5) is 37.3. The number of esters is 2. The van der Waals surface area contributed by atoms with Crippen molar-refractivity contribution in [1.82, 2.24) is 0 Å². The van der Waals surface area contributed by atoms with E-state index in [1.54, 1.807) is 0 Å². The lowest BCUT2D eigenvalue weighted by atomic mass is 10.1. The quantitative estimate of drug-likeness (QED) is 0.0211. The van der Waals surface area contributed by atoms with Crippen molar-refractivity contribution in [3.05, 3.63) is 97.2 Å². The highest BCUT2D eigenvalue weighted by molar-refractivity contribution is 5.71. The summed E-state index contributed by atoms with van der Waals surface area (Å²) in [7, 11) is 5.95. The third kappa shape index (κ3) is 49.9. The van der Waals surface area contributed by atoms with Gasteiger partial charge in [-0.3, -0.25) is 9.59 Å². The maximum Gasteiger partial charge on any atom is 0.361 e. The number of nitrogens with zero attached hydrogens (tertiary/aromatic N) is 1. The molecule has 0 radical (unpaired) electrons.